The van der Waals surface area contributed by atoms with E-state index in [1.54, 1.807) is 42.5 Å². The number of carboxylic acids is 1. The van der Waals surface area contributed by atoms with Crippen LogP contribution in [0.2, 0.25) is 0 Å². The maximum Gasteiger partial charge on any atom is 0.573 e. The molecule has 4 fully saturated rings. The number of ether oxygens (including phenoxy) is 4. The van der Waals surface area contributed by atoms with Crippen molar-refractivity contribution in [3.63, 3.8) is 0 Å². The second-order valence-corrected chi connectivity index (χ2v) is 22.3. The van der Waals surface area contributed by atoms with Crippen LogP contribution in [0.5, 0.6) is 11.5 Å². The highest BCUT2D eigenvalue weighted by Gasteiger charge is 2.42. The molecule has 0 unspecified atom stereocenters. The zero-order valence-corrected chi connectivity index (χ0v) is 43.4. The molecule has 4 aliphatic rings. The average Bonchev–Trinajstić information content (AvgIpc) is 4.40. The summed E-state index contributed by atoms with van der Waals surface area (Å²) in [4.78, 5) is 23.9. The van der Waals surface area contributed by atoms with E-state index in [1.165, 1.54) is 65.1 Å². The molecule has 0 aliphatic heterocycles. The maximum absolute atomic E-state index is 13.0. The molecule has 79 heavy (non-hydrogen) atoms. The highest BCUT2D eigenvalue weighted by Crippen LogP contribution is 2.49. The summed E-state index contributed by atoms with van der Waals surface area (Å²) in [6.07, 6.45) is -2.36. The quantitative estimate of drug-likeness (QED) is 0.0647. The predicted octanol–water partition coefficient (Wildman–Crippen LogP) is 14.4. The largest absolute Gasteiger partial charge is 0.573 e. The highest BCUT2D eigenvalue weighted by molar-refractivity contribution is 7.19. The molecule has 4 aliphatic carbocycles. The van der Waals surface area contributed by atoms with Crippen LogP contribution in [0.4, 0.5) is 32.0 Å². The average molecular weight is 1130 g/mol. The molecule has 4 aromatic carbocycles. The van der Waals surface area contributed by atoms with Crippen molar-refractivity contribution in [2.75, 3.05) is 0 Å². The lowest BCUT2D eigenvalue weighted by Crippen LogP contribution is -2.34. The van der Waals surface area contributed by atoms with Crippen LogP contribution in [-0.2, 0) is 33.9 Å². The van der Waals surface area contributed by atoms with E-state index in [1.807, 2.05) is 0 Å². The van der Waals surface area contributed by atoms with Crippen molar-refractivity contribution >= 4 is 54.8 Å². The third-order valence-electron chi connectivity index (χ3n) is 14.6. The molecule has 0 bridgehead atoms. The third kappa shape index (κ3) is 12.1. The second kappa shape index (κ2) is 21.6. The molecule has 23 heteroatoms. The summed E-state index contributed by atoms with van der Waals surface area (Å²) < 4.78 is 112. The van der Waals surface area contributed by atoms with Crippen molar-refractivity contribution < 1.29 is 74.5 Å². The van der Waals surface area contributed by atoms with E-state index in [-0.39, 0.29) is 76.8 Å². The number of fused-ring (bicyclic) bond motifs is 2. The normalized spacial score (nSPS) is 21.6. The fourth-order valence-corrected chi connectivity index (χ4v) is 12.5. The maximum atomic E-state index is 13.0. The van der Waals surface area contributed by atoms with E-state index >= 15 is 0 Å². The Balaban J connectivity index is 0.000000167. The van der Waals surface area contributed by atoms with E-state index in [0.717, 1.165) is 35.9 Å². The highest BCUT2D eigenvalue weighted by atomic mass is 32.1. The molecular formula is C56H49F6N5O10S2. The van der Waals surface area contributed by atoms with Gasteiger partial charge in [-0.2, -0.15) is 0 Å². The number of benzene rings is 4. The van der Waals surface area contributed by atoms with Crippen molar-refractivity contribution in [1.29, 1.82) is 0 Å². The van der Waals surface area contributed by atoms with E-state index in [0.29, 0.717) is 99.9 Å². The van der Waals surface area contributed by atoms with Crippen molar-refractivity contribution in [2.45, 2.75) is 138 Å². The molecule has 8 aromatic rings. The standard InChI is InChI=1S/C28H24F3N3O4S.C28H25F3N2O6S/c1-32-17-8-9-21-23(14-17)39-26(33-21)27(35)12-10-18(11-13-27)36-15-20-24(34-38-25(20)16-6-7-16)19-4-2-3-5-22(19)37-28(29,30)31;29-28(30,31)38-21-4-2-1-3-18(21)23-19(24(39-33-23)15-5-6-15)14-37-17-9-11-27(36,12-10-17)26-32-20-8-7-16(25(34)35)13-22(20)40-26/h2-5,8-9,14,16,18,35H,6-7,10-13,15H2;1-4,7-8,13,15,17,36H,5-6,9-12,14H2,(H,34,35). The van der Waals surface area contributed by atoms with E-state index < -0.39 is 29.9 Å². The molecule has 4 saturated carbocycles. The number of para-hydroxylation sites is 2. The summed E-state index contributed by atoms with van der Waals surface area (Å²) in [5, 5.41) is 41.4. The van der Waals surface area contributed by atoms with Gasteiger partial charge in [0.1, 0.15) is 55.6 Å². The van der Waals surface area contributed by atoms with Gasteiger partial charge >= 0.3 is 18.7 Å². The number of aromatic nitrogens is 4. The Morgan fingerprint density at radius 1 is 0.633 bits per heavy atom. The fourth-order valence-electron chi connectivity index (χ4n) is 10.2. The number of nitrogens with zero attached hydrogens (tertiary/aromatic N) is 5. The minimum absolute atomic E-state index is 0.104. The first kappa shape index (κ1) is 54.0. The van der Waals surface area contributed by atoms with Gasteiger partial charge in [0, 0.05) is 38.8 Å². The summed E-state index contributed by atoms with van der Waals surface area (Å²) in [6, 6.07) is 21.7. The summed E-state index contributed by atoms with van der Waals surface area (Å²) in [7, 11) is 0. The van der Waals surface area contributed by atoms with Crippen LogP contribution in [0, 0.1) is 6.57 Å². The van der Waals surface area contributed by atoms with Crippen molar-refractivity contribution in [2.24, 2.45) is 0 Å². The minimum Gasteiger partial charge on any atom is -0.478 e. The number of carboxylic acid groups (broad SMARTS) is 1. The molecule has 12 rings (SSSR count). The van der Waals surface area contributed by atoms with Crippen LogP contribution in [0.15, 0.2) is 94.0 Å². The summed E-state index contributed by atoms with van der Waals surface area (Å²) in [5.74, 6) is -0.117. The number of thiazole rings is 2. The molecule has 0 atom stereocenters. The SMILES string of the molecule is O=C(O)c1ccc2nc(C3(O)CCC(OCc4c(-c5ccccc5OC(F)(F)F)noc4C4CC4)CC3)sc2c1.[C-]#[N+]c1ccc2nc(C3(O)CCC(OCc4c(-c5ccccc5OC(F)(F)F)noc4C4CC4)CC3)sc2c1. The fraction of sp³-hybridized carbons (Fsp3) is 0.393. The van der Waals surface area contributed by atoms with E-state index in [9.17, 15) is 46.5 Å². The van der Waals surface area contributed by atoms with Gasteiger partial charge in [-0.25, -0.2) is 19.6 Å². The smallest absolute Gasteiger partial charge is 0.478 e. The number of aromatic carboxylic acids is 1. The van der Waals surface area contributed by atoms with E-state index in [2.05, 4.69) is 34.6 Å². The van der Waals surface area contributed by atoms with Gasteiger partial charge in [-0.05, 0) is 132 Å². The van der Waals surface area contributed by atoms with Gasteiger partial charge in [-0.1, -0.05) is 40.6 Å². The van der Waals surface area contributed by atoms with Gasteiger partial charge in [0.2, 0.25) is 0 Å². The van der Waals surface area contributed by atoms with Gasteiger partial charge in [-0.3, -0.25) is 0 Å². The van der Waals surface area contributed by atoms with Crippen LogP contribution in [0.1, 0.15) is 132 Å². The molecule has 0 radical (unpaired) electrons. The number of carbonyl (C=O) groups is 1. The van der Waals surface area contributed by atoms with Crippen molar-refractivity contribution in [3.8, 4) is 34.0 Å². The van der Waals surface area contributed by atoms with Crippen molar-refractivity contribution in [1.82, 2.24) is 20.3 Å². The number of hydrogen-bond donors (Lipinski definition) is 3. The predicted molar refractivity (Wildman–Crippen MR) is 276 cm³/mol. The van der Waals surface area contributed by atoms with Crippen LogP contribution in [0.3, 0.4) is 0 Å². The number of rotatable bonds is 15. The number of halogens is 6. The third-order valence-corrected chi connectivity index (χ3v) is 17.1. The minimum atomic E-state index is -4.85. The summed E-state index contributed by atoms with van der Waals surface area (Å²) >= 11 is 2.69. The van der Waals surface area contributed by atoms with Gasteiger partial charge in [0.15, 0.2) is 5.69 Å². The Labute approximate surface area is 454 Å². The Kier molecular flexibility index (Phi) is 14.8. The van der Waals surface area contributed by atoms with Gasteiger partial charge in [-0.15, -0.1) is 49.0 Å². The first-order chi connectivity index (χ1) is 37.8. The van der Waals surface area contributed by atoms with Crippen molar-refractivity contribution in [3.05, 3.63) is 135 Å². The molecule has 412 valence electrons. The van der Waals surface area contributed by atoms with Crippen LogP contribution >= 0.6 is 22.7 Å². The zero-order valence-electron chi connectivity index (χ0n) is 41.8. The number of hydrogen-bond acceptors (Lipinski definition) is 15. The topological polar surface area (TPSA) is 197 Å². The number of alkyl halides is 6. The van der Waals surface area contributed by atoms with Gasteiger partial charge < -0.3 is 43.3 Å². The first-order valence-electron chi connectivity index (χ1n) is 25.6. The lowest BCUT2D eigenvalue weighted by molar-refractivity contribution is -0.275. The Morgan fingerprint density at radius 2 is 1.06 bits per heavy atom. The molecular weight excluding hydrogens is 1080 g/mol. The monoisotopic (exact) mass is 1130 g/mol. The van der Waals surface area contributed by atoms with Crippen LogP contribution in [0.25, 0.3) is 47.8 Å². The molecule has 15 nitrogen and oxygen atoms in total. The molecule has 3 N–H and O–H groups in total. The zero-order chi connectivity index (χ0) is 55.3. The second-order valence-electron chi connectivity index (χ2n) is 20.3. The van der Waals surface area contributed by atoms with Gasteiger partial charge in [0.25, 0.3) is 0 Å². The van der Waals surface area contributed by atoms with E-state index in [4.69, 9.17) is 25.1 Å². The number of aliphatic hydroxyl groups is 2. The lowest BCUT2D eigenvalue weighted by atomic mass is 9.83. The first-order valence-corrected chi connectivity index (χ1v) is 27.2. The molecule has 0 amide bonds. The lowest BCUT2D eigenvalue weighted by Gasteiger charge is -2.34. The van der Waals surface area contributed by atoms with Crippen LogP contribution in [-0.4, -0.2) is 66.5 Å². The molecule has 0 spiro atoms. The van der Waals surface area contributed by atoms with Gasteiger partial charge in [0.05, 0.1) is 53.3 Å². The Hall–Kier alpha value is -6.94. The molecule has 4 aromatic heterocycles. The Bertz CT molecular complexity index is 3560. The molecule has 0 saturated heterocycles. The van der Waals surface area contributed by atoms with Crippen LogP contribution < -0.4 is 9.47 Å². The summed E-state index contributed by atoms with van der Waals surface area (Å²) in [5.41, 5.74) is 2.05. The summed E-state index contributed by atoms with van der Waals surface area (Å²) in [6.45, 7) is 7.44. The Morgan fingerprint density at radius 3 is 1.48 bits per heavy atom. The molecule has 4 heterocycles.